The lowest BCUT2D eigenvalue weighted by Gasteiger charge is -2.31. The van der Waals surface area contributed by atoms with Crippen LogP contribution in [0.3, 0.4) is 0 Å². The number of Topliss-reactive ketones (excluding diaryl/α,β-unsaturated/α-hetero) is 2. The highest BCUT2D eigenvalue weighted by atomic mass is 35.5. The Morgan fingerprint density at radius 3 is 1.51 bits per heavy atom. The number of aliphatic carboxylic acids is 2. The molecule has 33 heteroatoms. The number of ketones is 2. The molecule has 2 aromatic heterocycles. The smallest absolute Gasteiger partial charge is 0.305 e. The van der Waals surface area contributed by atoms with E-state index in [4.69, 9.17) is 55.6 Å². The van der Waals surface area contributed by atoms with E-state index in [0.717, 1.165) is 11.3 Å². The quantitative estimate of drug-likeness (QED) is 0.0185. The number of ether oxygens (including phenoxy) is 1. The van der Waals surface area contributed by atoms with E-state index in [9.17, 15) is 78.0 Å². The zero-order chi connectivity index (χ0) is 77.1. The Bertz CT molecular complexity index is 4290. The molecule has 105 heavy (non-hydrogen) atoms. The molecule has 0 unspecified atom stereocenters. The van der Waals surface area contributed by atoms with E-state index in [0.29, 0.717) is 37.4 Å². The first kappa shape index (κ1) is 81.8. The predicted octanol–water partition coefficient (Wildman–Crippen LogP) is 7.79. The van der Waals surface area contributed by atoms with Crippen LogP contribution in [0.15, 0.2) is 132 Å². The van der Waals surface area contributed by atoms with Crippen molar-refractivity contribution in [2.45, 2.75) is 135 Å². The van der Waals surface area contributed by atoms with Gasteiger partial charge in [-0.05, 0) is 90.6 Å². The van der Waals surface area contributed by atoms with Crippen molar-refractivity contribution >= 4 is 129 Å². The Balaban J connectivity index is 0.000000298. The van der Waals surface area contributed by atoms with E-state index < -0.39 is 156 Å². The second-order valence-corrected chi connectivity index (χ2v) is 27.7. The Hall–Kier alpha value is -10.5. The number of hydrogen-bond acceptors (Lipinski definition) is 19. The van der Waals surface area contributed by atoms with Crippen LogP contribution in [0.1, 0.15) is 99.3 Å². The zero-order valence-electron chi connectivity index (χ0n) is 57.5. The van der Waals surface area contributed by atoms with Crippen LogP contribution in [-0.4, -0.2) is 167 Å². The normalized spacial score (nSPS) is 15.2. The molecule has 1 fully saturated rings. The zero-order valence-corrected chi connectivity index (χ0v) is 61.3. The number of carbonyl (C=O) groups excluding carboxylic acids is 10. The van der Waals surface area contributed by atoms with Crippen LogP contribution in [0.4, 0.5) is 0 Å². The molecule has 5 aromatic carbocycles. The van der Waals surface area contributed by atoms with Gasteiger partial charge in [-0.3, -0.25) is 57.5 Å². The molecule has 28 nitrogen and oxygen atoms in total. The highest BCUT2D eigenvalue weighted by Crippen LogP contribution is 2.39. The Labute approximate surface area is 626 Å². The molecule has 8 rings (SSSR count). The van der Waals surface area contributed by atoms with Crippen LogP contribution >= 0.6 is 57.7 Å². The van der Waals surface area contributed by atoms with Crippen molar-refractivity contribution in [1.82, 2.24) is 52.1 Å². The Morgan fingerprint density at radius 1 is 0.543 bits per heavy atom. The van der Waals surface area contributed by atoms with E-state index in [1.807, 2.05) is 0 Å². The molecule has 11 N–H and O–H groups in total. The number of carbonyl (C=O) groups is 12. The van der Waals surface area contributed by atoms with Crippen molar-refractivity contribution in [3.63, 3.8) is 0 Å². The van der Waals surface area contributed by atoms with Gasteiger partial charge in [0.2, 0.25) is 58.8 Å². The maximum atomic E-state index is 14.5. The van der Waals surface area contributed by atoms with E-state index in [2.05, 4.69) is 47.2 Å². The monoisotopic (exact) mass is 1540 g/mol. The third-order valence-electron chi connectivity index (χ3n) is 16.1. The maximum absolute atomic E-state index is 14.5. The number of carboxylic acid groups (broad SMARTS) is 2. The number of aromatic hydroxyl groups is 2. The topological polar surface area (TPSA) is 421 Å². The Morgan fingerprint density at radius 2 is 1.03 bits per heavy atom. The van der Waals surface area contributed by atoms with Crippen molar-refractivity contribution in [1.29, 1.82) is 0 Å². The molecule has 0 saturated carbocycles. The van der Waals surface area contributed by atoms with E-state index in [1.165, 1.54) is 62.3 Å². The number of phenols is 2. The average Bonchev–Trinajstić information content (AvgIpc) is 1.67. The molecule has 1 saturated heterocycles. The highest BCUT2D eigenvalue weighted by molar-refractivity contribution is 7.17. The Kier molecular flexibility index (Phi) is 29.5. The van der Waals surface area contributed by atoms with Crippen LogP contribution < -0.4 is 42.0 Å². The molecule has 8 amide bonds. The largest absolute Gasteiger partial charge is 0.508 e. The van der Waals surface area contributed by atoms with Gasteiger partial charge >= 0.3 is 11.9 Å². The molecular formula is C72H76Cl4N10O18S. The predicted molar refractivity (Wildman–Crippen MR) is 388 cm³/mol. The van der Waals surface area contributed by atoms with Crippen molar-refractivity contribution < 1.29 is 87.1 Å². The first-order valence-electron chi connectivity index (χ1n) is 32.6. The first-order chi connectivity index (χ1) is 49.7. The van der Waals surface area contributed by atoms with Crippen molar-refractivity contribution in [3.8, 4) is 39.0 Å². The van der Waals surface area contributed by atoms with Crippen molar-refractivity contribution in [2.75, 3.05) is 6.54 Å². The summed E-state index contributed by atoms with van der Waals surface area (Å²) in [6.07, 6.45) is 0.345. The molecule has 0 aliphatic carbocycles. The number of nitrogens with zero attached hydrogens (tertiary/aromatic N) is 3. The standard InChI is InChI=1S/C40H41Cl2N5O9S.C32H35Cl2N5O9/c1-21(2)35(46-37(53)30(44-22(3)48)16-23-12-14-24(49)15-13-23)40(55)47-20-26(56-25-8-5-4-6-9-25)17-31(47)38(54)45-29(18-33(50)51)36(52)39-43-19-32(57-39)34-27(41)10-7-11-28(34)42;1-15(2)27(39-30(46)23(37-17(4)40)12-18-8-10-19(41)11-9-18)31(47)36-16(3)29(45)38-22(13-25(42)43)28(44)32-35-14-24(48-32)26-20(33)6-5-7-21(26)34/h4-15,19,21,26,29-31,35,49H,16-18,20H2,1-3H3,(H,44,48)(H,45,54)(H,46,53)(H,50,51);5-11,14-16,22-23,27,41H,12-13H2,1-4H3,(H,36,47)(H,37,40)(H,38,45)(H,39,46)(H,42,43)/t26-,29+,30+,31+,35+;16-,22-,23-,27-/m10/s1. The molecular weight excluding hydrogens is 1470 g/mol. The number of nitrogens with one attached hydrogen (secondary N) is 7. The number of thiazole rings is 1. The minimum Gasteiger partial charge on any atom is -0.508 e. The van der Waals surface area contributed by atoms with Crippen molar-refractivity contribution in [3.05, 3.63) is 170 Å². The number of para-hydroxylation sites is 1. The minimum absolute atomic E-state index is 0.0261. The van der Waals surface area contributed by atoms with Crippen LogP contribution in [0.25, 0.3) is 21.8 Å². The summed E-state index contributed by atoms with van der Waals surface area (Å²) in [6, 6.07) is 20.3. The molecule has 1 aliphatic heterocycles. The van der Waals surface area contributed by atoms with Crippen LogP contribution in [-0.2, 0) is 60.8 Å². The van der Waals surface area contributed by atoms with Gasteiger partial charge in [-0.1, -0.05) is 129 Å². The highest BCUT2D eigenvalue weighted by Gasteiger charge is 2.46. The van der Waals surface area contributed by atoms with Gasteiger partial charge in [0, 0.05) is 44.9 Å². The molecule has 0 bridgehead atoms. The number of aromatic nitrogens is 2. The third-order valence-corrected chi connectivity index (χ3v) is 18.4. The number of hydrogen-bond donors (Lipinski definition) is 11. The summed E-state index contributed by atoms with van der Waals surface area (Å²) in [5.74, 6) is -10.8. The van der Waals surface area contributed by atoms with E-state index in [1.54, 1.807) is 119 Å². The number of halogens is 4. The number of amides is 8. The van der Waals surface area contributed by atoms with Crippen LogP contribution in [0.5, 0.6) is 17.2 Å². The van der Waals surface area contributed by atoms with Gasteiger partial charge in [0.05, 0.1) is 56.1 Å². The molecule has 9 atom stereocenters. The van der Waals surface area contributed by atoms with Crippen LogP contribution in [0, 0.1) is 11.8 Å². The number of rotatable bonds is 31. The fourth-order valence-electron chi connectivity index (χ4n) is 10.9. The van der Waals surface area contributed by atoms with E-state index in [-0.39, 0.29) is 63.7 Å². The summed E-state index contributed by atoms with van der Waals surface area (Å²) in [6.45, 7) is 10.4. The van der Waals surface area contributed by atoms with Crippen LogP contribution in [0.2, 0.25) is 20.1 Å². The summed E-state index contributed by atoms with van der Waals surface area (Å²) in [7, 11) is 0. The number of benzene rings is 5. The van der Waals surface area contributed by atoms with Gasteiger partial charge in [-0.2, -0.15) is 0 Å². The molecule has 556 valence electrons. The van der Waals surface area contributed by atoms with Gasteiger partial charge < -0.3 is 71.7 Å². The first-order valence-corrected chi connectivity index (χ1v) is 35.0. The lowest BCUT2D eigenvalue weighted by molar-refractivity contribution is -0.143. The molecule has 0 spiro atoms. The summed E-state index contributed by atoms with van der Waals surface area (Å²) in [4.78, 5) is 166. The summed E-state index contributed by atoms with van der Waals surface area (Å²) in [5.41, 5.74) is 1.98. The lowest BCUT2D eigenvalue weighted by Crippen LogP contribution is -2.59. The number of carboxylic acids is 2. The second kappa shape index (κ2) is 37.8. The van der Waals surface area contributed by atoms with Gasteiger partial charge in [-0.25, -0.2) is 9.97 Å². The van der Waals surface area contributed by atoms with Gasteiger partial charge in [0.25, 0.3) is 5.89 Å². The summed E-state index contributed by atoms with van der Waals surface area (Å²) < 4.78 is 11.7. The molecule has 1 aliphatic rings. The van der Waals surface area contributed by atoms with E-state index >= 15 is 0 Å². The maximum Gasteiger partial charge on any atom is 0.305 e. The number of likely N-dealkylation sites (tertiary alicyclic amines) is 1. The van der Waals surface area contributed by atoms with Gasteiger partial charge in [0.1, 0.15) is 71.7 Å². The molecule has 0 radical (unpaired) electrons. The fourth-order valence-corrected chi connectivity index (χ4v) is 13.2. The fraction of sp³-hybridized carbons (Fsp3) is 0.333. The number of oxazole rings is 1. The second-order valence-electron chi connectivity index (χ2n) is 25.0. The number of phenolic OH excluding ortho intramolecular Hbond substituents is 2. The summed E-state index contributed by atoms with van der Waals surface area (Å²) >= 11 is 26.0. The molecule has 7 aromatic rings. The SMILES string of the molecule is CC(=O)N[C@@H](Cc1ccc(O)cc1)C(=O)N[C@H](C(=O)N1C[C@H](Oc2ccccc2)C[C@H]1C(=O)N[C@@H](CC(=O)O)C(=O)c1ncc(-c2c(Cl)cccc2Cl)s1)C(C)C.CC(=O)N[C@@H](Cc1ccc(O)cc1)C(=O)N[C@H](C(=O)N[C@@H](C)C(=O)N[C@@H](CC(=O)O)C(=O)c1ncc(-c2c(Cl)cccc2Cl)o1)C(C)C. The summed E-state index contributed by atoms with van der Waals surface area (Å²) in [5, 5.41) is 57.3. The molecule has 3 heterocycles. The average molecular weight is 1540 g/mol. The lowest BCUT2D eigenvalue weighted by atomic mass is 10.00. The van der Waals surface area contributed by atoms with Gasteiger partial charge in [0.15, 0.2) is 10.8 Å². The van der Waals surface area contributed by atoms with Crippen molar-refractivity contribution in [2.24, 2.45) is 11.8 Å². The minimum atomic E-state index is -1.62. The third kappa shape index (κ3) is 23.3. The van der Waals surface area contributed by atoms with Gasteiger partial charge in [-0.15, -0.1) is 11.3 Å².